The van der Waals surface area contributed by atoms with Gasteiger partial charge in [0.05, 0.1) is 12.1 Å². The molecule has 2 aliphatic heterocycles. The third-order valence-corrected chi connectivity index (χ3v) is 4.23. The van der Waals surface area contributed by atoms with Crippen LogP contribution >= 0.6 is 0 Å². The molecule has 21 heavy (non-hydrogen) atoms. The van der Waals surface area contributed by atoms with Gasteiger partial charge in [-0.25, -0.2) is 0 Å². The van der Waals surface area contributed by atoms with Crippen molar-refractivity contribution in [1.29, 1.82) is 0 Å². The summed E-state index contributed by atoms with van der Waals surface area (Å²) in [6.07, 6.45) is 0.438. The summed E-state index contributed by atoms with van der Waals surface area (Å²) in [6, 6.07) is 9.91. The van der Waals surface area contributed by atoms with Crippen molar-refractivity contribution in [2.75, 3.05) is 19.7 Å². The summed E-state index contributed by atoms with van der Waals surface area (Å²) in [6.45, 7) is 3.73. The van der Waals surface area contributed by atoms with Crippen LogP contribution in [0, 0.1) is 0 Å². The highest BCUT2D eigenvalue weighted by atomic mass is 16.5. The van der Waals surface area contributed by atoms with Crippen molar-refractivity contribution in [1.82, 2.24) is 9.80 Å². The van der Waals surface area contributed by atoms with Crippen LogP contribution in [0.4, 0.5) is 0 Å². The molecule has 0 bridgehead atoms. The molecule has 0 unspecified atom stereocenters. The van der Waals surface area contributed by atoms with Crippen LogP contribution in [-0.4, -0.2) is 53.5 Å². The molecule has 1 aromatic rings. The summed E-state index contributed by atoms with van der Waals surface area (Å²) < 4.78 is 5.62. The molecule has 5 heteroatoms. The van der Waals surface area contributed by atoms with E-state index in [-0.39, 0.29) is 30.6 Å². The Morgan fingerprint density at radius 2 is 2.05 bits per heavy atom. The molecule has 2 heterocycles. The van der Waals surface area contributed by atoms with Crippen molar-refractivity contribution in [3.63, 3.8) is 0 Å². The number of morpholine rings is 1. The zero-order valence-corrected chi connectivity index (χ0v) is 12.2. The van der Waals surface area contributed by atoms with Crippen molar-refractivity contribution in [2.24, 2.45) is 0 Å². The van der Waals surface area contributed by atoms with Gasteiger partial charge in [0, 0.05) is 26.1 Å². The van der Waals surface area contributed by atoms with E-state index in [1.54, 1.807) is 0 Å². The molecule has 2 aliphatic rings. The van der Waals surface area contributed by atoms with E-state index in [9.17, 15) is 9.59 Å². The van der Waals surface area contributed by atoms with E-state index in [1.807, 2.05) is 47.1 Å². The second-order valence-corrected chi connectivity index (χ2v) is 5.58. The number of carbonyl (C=O) groups is 2. The maximum atomic E-state index is 12.2. The Morgan fingerprint density at radius 1 is 1.29 bits per heavy atom. The predicted molar refractivity (Wildman–Crippen MR) is 77.4 cm³/mol. The highest BCUT2D eigenvalue weighted by Crippen LogP contribution is 2.25. The van der Waals surface area contributed by atoms with E-state index >= 15 is 0 Å². The first-order chi connectivity index (χ1) is 10.2. The lowest BCUT2D eigenvalue weighted by Crippen LogP contribution is -2.53. The van der Waals surface area contributed by atoms with Crippen molar-refractivity contribution in [3.05, 3.63) is 35.9 Å². The summed E-state index contributed by atoms with van der Waals surface area (Å²) in [5.74, 6) is 0.131. The van der Waals surface area contributed by atoms with Gasteiger partial charge in [-0.2, -0.15) is 0 Å². The second kappa shape index (κ2) is 5.85. The van der Waals surface area contributed by atoms with E-state index < -0.39 is 0 Å². The molecule has 3 rings (SSSR count). The minimum Gasteiger partial charge on any atom is -0.364 e. The van der Waals surface area contributed by atoms with Gasteiger partial charge in [-0.1, -0.05) is 37.3 Å². The first kappa shape index (κ1) is 14.1. The summed E-state index contributed by atoms with van der Waals surface area (Å²) in [4.78, 5) is 27.7. The fourth-order valence-corrected chi connectivity index (χ4v) is 3.08. The topological polar surface area (TPSA) is 49.9 Å². The van der Waals surface area contributed by atoms with E-state index in [2.05, 4.69) is 0 Å². The van der Waals surface area contributed by atoms with Gasteiger partial charge in [-0.3, -0.25) is 9.59 Å². The smallest absolute Gasteiger partial charge is 0.249 e. The van der Waals surface area contributed by atoms with Crippen LogP contribution in [0.2, 0.25) is 0 Å². The highest BCUT2D eigenvalue weighted by Gasteiger charge is 2.44. The van der Waals surface area contributed by atoms with Crippen LogP contribution in [0.25, 0.3) is 0 Å². The van der Waals surface area contributed by atoms with Gasteiger partial charge in [0.15, 0.2) is 0 Å². The van der Waals surface area contributed by atoms with Crippen LogP contribution in [0.5, 0.6) is 0 Å². The first-order valence-corrected chi connectivity index (χ1v) is 7.42. The van der Waals surface area contributed by atoms with Crippen LogP contribution < -0.4 is 0 Å². The van der Waals surface area contributed by atoms with Crippen LogP contribution in [0.15, 0.2) is 30.3 Å². The maximum Gasteiger partial charge on any atom is 0.249 e. The molecule has 0 aliphatic carbocycles. The zero-order chi connectivity index (χ0) is 14.8. The molecule has 2 saturated heterocycles. The first-order valence-electron chi connectivity index (χ1n) is 7.42. The normalized spacial score (nSPS) is 25.1. The Morgan fingerprint density at radius 3 is 2.76 bits per heavy atom. The van der Waals surface area contributed by atoms with Gasteiger partial charge in [0.2, 0.25) is 11.8 Å². The summed E-state index contributed by atoms with van der Waals surface area (Å²) in [7, 11) is 0. The number of ether oxygens (including phenoxy) is 1. The summed E-state index contributed by atoms with van der Waals surface area (Å²) >= 11 is 0. The fourth-order valence-electron chi connectivity index (χ4n) is 3.08. The molecule has 2 amide bonds. The molecule has 0 aromatic heterocycles. The maximum absolute atomic E-state index is 12.2. The number of likely N-dealkylation sites (tertiary alicyclic amines) is 1. The molecule has 0 radical (unpaired) electrons. The number of fused-ring (bicyclic) bond motifs is 1. The molecule has 0 spiro atoms. The molecule has 1 aromatic carbocycles. The van der Waals surface area contributed by atoms with Crippen LogP contribution in [0.3, 0.4) is 0 Å². The molecule has 5 nitrogen and oxygen atoms in total. The Bertz CT molecular complexity index is 532. The number of rotatable bonds is 3. The van der Waals surface area contributed by atoms with E-state index in [1.165, 1.54) is 0 Å². The SMILES string of the molecule is CCC(=O)N1C[C@@H]2[C@@H](C1)OCC(=O)N2Cc1ccccc1. The monoisotopic (exact) mass is 288 g/mol. The van der Waals surface area contributed by atoms with Crippen molar-refractivity contribution in [2.45, 2.75) is 32.0 Å². The number of hydrogen-bond donors (Lipinski definition) is 0. The Hall–Kier alpha value is -1.88. The van der Waals surface area contributed by atoms with Crippen molar-refractivity contribution >= 4 is 11.8 Å². The molecular weight excluding hydrogens is 268 g/mol. The summed E-state index contributed by atoms with van der Waals surface area (Å²) in [5.41, 5.74) is 1.10. The minimum absolute atomic E-state index is 0.00546. The lowest BCUT2D eigenvalue weighted by molar-refractivity contribution is -0.153. The Labute approximate surface area is 124 Å². The van der Waals surface area contributed by atoms with Gasteiger partial charge in [-0.15, -0.1) is 0 Å². The van der Waals surface area contributed by atoms with Gasteiger partial charge < -0.3 is 14.5 Å². The zero-order valence-electron chi connectivity index (χ0n) is 12.2. The number of nitrogens with zero attached hydrogens (tertiary/aromatic N) is 2. The minimum atomic E-state index is -0.0538. The quantitative estimate of drug-likeness (QED) is 0.835. The molecule has 112 valence electrons. The third kappa shape index (κ3) is 2.78. The molecule has 2 fully saturated rings. The predicted octanol–water partition coefficient (Wildman–Crippen LogP) is 1.03. The Kier molecular flexibility index (Phi) is 3.92. The Balaban J connectivity index is 1.76. The third-order valence-electron chi connectivity index (χ3n) is 4.23. The lowest BCUT2D eigenvalue weighted by Gasteiger charge is -2.36. The number of benzene rings is 1. The summed E-state index contributed by atoms with van der Waals surface area (Å²) in [5, 5.41) is 0. The van der Waals surface area contributed by atoms with Gasteiger partial charge in [0.1, 0.15) is 6.61 Å². The van der Waals surface area contributed by atoms with Crippen molar-refractivity contribution in [3.8, 4) is 0 Å². The molecule has 0 saturated carbocycles. The second-order valence-electron chi connectivity index (χ2n) is 5.58. The van der Waals surface area contributed by atoms with Gasteiger partial charge in [0.25, 0.3) is 0 Å². The standard InChI is InChI=1S/C16H20N2O3/c1-2-15(19)17-9-13-14(10-17)21-11-16(20)18(13)8-12-6-4-3-5-7-12/h3-7,13-14H,2,8-11H2,1H3/t13-,14-/m1/s1. The van der Waals surface area contributed by atoms with Gasteiger partial charge >= 0.3 is 0 Å². The number of carbonyl (C=O) groups excluding carboxylic acids is 2. The lowest BCUT2D eigenvalue weighted by atomic mass is 10.1. The highest BCUT2D eigenvalue weighted by molar-refractivity contribution is 5.80. The van der Waals surface area contributed by atoms with Crippen LogP contribution in [0.1, 0.15) is 18.9 Å². The largest absolute Gasteiger partial charge is 0.364 e. The molecule has 2 atom stereocenters. The van der Waals surface area contributed by atoms with E-state index in [4.69, 9.17) is 4.74 Å². The number of amides is 2. The molecular formula is C16H20N2O3. The van der Waals surface area contributed by atoms with E-state index in [0.717, 1.165) is 5.56 Å². The van der Waals surface area contributed by atoms with E-state index in [0.29, 0.717) is 26.1 Å². The fraction of sp³-hybridized carbons (Fsp3) is 0.500. The average molecular weight is 288 g/mol. The van der Waals surface area contributed by atoms with Gasteiger partial charge in [-0.05, 0) is 5.56 Å². The van der Waals surface area contributed by atoms with Crippen molar-refractivity contribution < 1.29 is 14.3 Å². The van der Waals surface area contributed by atoms with Crippen LogP contribution in [-0.2, 0) is 20.9 Å². The average Bonchev–Trinajstić information content (AvgIpc) is 2.95. The molecule has 0 N–H and O–H groups in total. The number of hydrogen-bond acceptors (Lipinski definition) is 3.